The Hall–Kier alpha value is -2.58. The van der Waals surface area contributed by atoms with Gasteiger partial charge in [-0.25, -0.2) is 8.42 Å². The Balaban J connectivity index is 2.46. The first kappa shape index (κ1) is 27.7. The van der Waals surface area contributed by atoms with E-state index < -0.39 is 28.5 Å². The van der Waals surface area contributed by atoms with Crippen LogP contribution in [0, 0.1) is 13.8 Å². The Kier molecular flexibility index (Phi) is 9.53. The van der Waals surface area contributed by atoms with Crippen LogP contribution in [-0.4, -0.2) is 50.0 Å². The number of halogens is 1. The van der Waals surface area contributed by atoms with Crippen LogP contribution in [0.4, 0.5) is 5.69 Å². The third-order valence-electron chi connectivity index (χ3n) is 5.26. The minimum Gasteiger partial charge on any atom is -0.352 e. The fourth-order valence-corrected chi connectivity index (χ4v) is 4.75. The Morgan fingerprint density at radius 2 is 1.59 bits per heavy atom. The van der Waals surface area contributed by atoms with Crippen LogP contribution in [0.2, 0.25) is 5.02 Å². The van der Waals surface area contributed by atoms with E-state index in [1.807, 2.05) is 40.7 Å². The highest BCUT2D eigenvalue weighted by atomic mass is 35.5. The third-order valence-corrected chi connectivity index (χ3v) is 6.65. The van der Waals surface area contributed by atoms with Crippen molar-refractivity contribution in [3.05, 3.63) is 64.2 Å². The van der Waals surface area contributed by atoms with Gasteiger partial charge in [-0.3, -0.25) is 13.9 Å². The zero-order chi connectivity index (χ0) is 25.6. The molecule has 0 unspecified atom stereocenters. The van der Waals surface area contributed by atoms with Crippen LogP contribution < -0.4 is 9.62 Å². The normalized spacial score (nSPS) is 12.4. The Morgan fingerprint density at radius 3 is 2.06 bits per heavy atom. The number of nitrogens with zero attached hydrogens (tertiary/aromatic N) is 2. The van der Waals surface area contributed by atoms with Crippen molar-refractivity contribution in [1.82, 2.24) is 10.2 Å². The maximum absolute atomic E-state index is 13.6. The number of anilines is 1. The average Bonchev–Trinajstić information content (AvgIpc) is 2.71. The molecule has 0 aliphatic rings. The number of carbonyl (C=O) groups excluding carboxylic acids is 2. The van der Waals surface area contributed by atoms with Gasteiger partial charge in [-0.1, -0.05) is 36.7 Å². The van der Waals surface area contributed by atoms with Crippen LogP contribution in [0.1, 0.15) is 43.9 Å². The van der Waals surface area contributed by atoms with Crippen LogP contribution in [-0.2, 0) is 26.2 Å². The average molecular weight is 508 g/mol. The number of amides is 2. The molecule has 2 amide bonds. The van der Waals surface area contributed by atoms with E-state index in [1.165, 1.54) is 4.90 Å². The van der Waals surface area contributed by atoms with Gasteiger partial charge >= 0.3 is 0 Å². The van der Waals surface area contributed by atoms with Gasteiger partial charge in [0.25, 0.3) is 0 Å². The lowest BCUT2D eigenvalue weighted by molar-refractivity contribution is -0.140. The van der Waals surface area contributed by atoms with Crippen LogP contribution in [0.3, 0.4) is 0 Å². The molecule has 1 N–H and O–H groups in total. The molecule has 1 atom stereocenters. The molecule has 0 fully saturated rings. The van der Waals surface area contributed by atoms with Crippen LogP contribution >= 0.6 is 11.6 Å². The van der Waals surface area contributed by atoms with Gasteiger partial charge in [-0.15, -0.1) is 0 Å². The molecule has 0 aliphatic heterocycles. The molecule has 0 saturated heterocycles. The number of aryl methyl sites for hydroxylation is 2. The van der Waals surface area contributed by atoms with Gasteiger partial charge in [0, 0.05) is 17.6 Å². The van der Waals surface area contributed by atoms with E-state index in [0.717, 1.165) is 27.3 Å². The monoisotopic (exact) mass is 507 g/mol. The lowest BCUT2D eigenvalue weighted by atomic mass is 10.1. The van der Waals surface area contributed by atoms with E-state index in [-0.39, 0.29) is 18.5 Å². The zero-order valence-electron chi connectivity index (χ0n) is 20.6. The van der Waals surface area contributed by atoms with E-state index in [0.29, 0.717) is 17.1 Å². The van der Waals surface area contributed by atoms with Crippen LogP contribution in [0.5, 0.6) is 0 Å². The molecular formula is C25H34ClN3O4S. The summed E-state index contributed by atoms with van der Waals surface area (Å²) in [6, 6.07) is 11.5. The maximum atomic E-state index is 13.6. The summed E-state index contributed by atoms with van der Waals surface area (Å²) in [6.07, 6.45) is 1.45. The minimum absolute atomic E-state index is 0.100. The molecule has 7 nitrogen and oxygen atoms in total. The summed E-state index contributed by atoms with van der Waals surface area (Å²) in [7, 11) is -3.76. The van der Waals surface area contributed by atoms with Crippen molar-refractivity contribution in [1.29, 1.82) is 0 Å². The van der Waals surface area contributed by atoms with Crippen molar-refractivity contribution in [3.63, 3.8) is 0 Å². The number of hydrogen-bond acceptors (Lipinski definition) is 4. The van der Waals surface area contributed by atoms with Crippen LogP contribution in [0.25, 0.3) is 0 Å². The van der Waals surface area contributed by atoms with Gasteiger partial charge in [0.05, 0.1) is 11.9 Å². The maximum Gasteiger partial charge on any atom is 0.244 e. The van der Waals surface area contributed by atoms with Gasteiger partial charge < -0.3 is 10.2 Å². The Labute approximate surface area is 208 Å². The van der Waals surface area contributed by atoms with E-state index in [2.05, 4.69) is 5.32 Å². The Morgan fingerprint density at radius 1 is 1.03 bits per heavy atom. The fourth-order valence-electron chi connectivity index (χ4n) is 3.80. The molecule has 34 heavy (non-hydrogen) atoms. The van der Waals surface area contributed by atoms with Crippen molar-refractivity contribution in [3.8, 4) is 0 Å². The van der Waals surface area contributed by atoms with E-state index >= 15 is 0 Å². The summed E-state index contributed by atoms with van der Waals surface area (Å²) in [6.45, 7) is 8.99. The number of carbonyl (C=O) groups is 2. The second-order valence-electron chi connectivity index (χ2n) is 8.85. The molecule has 186 valence electrons. The van der Waals surface area contributed by atoms with Crippen molar-refractivity contribution in [2.24, 2.45) is 0 Å². The summed E-state index contributed by atoms with van der Waals surface area (Å²) in [4.78, 5) is 28.0. The minimum atomic E-state index is -3.76. The quantitative estimate of drug-likeness (QED) is 0.525. The summed E-state index contributed by atoms with van der Waals surface area (Å²) < 4.78 is 26.5. The summed E-state index contributed by atoms with van der Waals surface area (Å²) in [5.74, 6) is -0.748. The van der Waals surface area contributed by atoms with E-state index in [1.54, 1.807) is 36.4 Å². The standard InChI is InChI=1S/C25H34ClN3O4S/c1-7-23(25(31)27-17(2)3)28(15-20-8-10-21(26)11-9-20)24(30)16-29(34(6,32)33)22-13-18(4)12-19(5)14-22/h8-14,17,23H,7,15-16H2,1-6H3,(H,27,31)/t23-/m1/s1. The van der Waals surface area contributed by atoms with Gasteiger partial charge in [0.15, 0.2) is 0 Å². The lowest BCUT2D eigenvalue weighted by Gasteiger charge is -2.33. The second kappa shape index (κ2) is 11.7. The zero-order valence-corrected chi connectivity index (χ0v) is 22.2. The first-order chi connectivity index (χ1) is 15.8. The van der Waals surface area contributed by atoms with Crippen LogP contribution in [0.15, 0.2) is 42.5 Å². The smallest absolute Gasteiger partial charge is 0.244 e. The first-order valence-electron chi connectivity index (χ1n) is 11.2. The first-order valence-corrected chi connectivity index (χ1v) is 13.4. The highest BCUT2D eigenvalue weighted by Crippen LogP contribution is 2.23. The largest absolute Gasteiger partial charge is 0.352 e. The molecule has 2 aromatic rings. The molecule has 0 spiro atoms. The predicted molar refractivity (Wildman–Crippen MR) is 137 cm³/mol. The Bertz CT molecular complexity index is 1100. The SMILES string of the molecule is CC[C@H](C(=O)NC(C)C)N(Cc1ccc(Cl)cc1)C(=O)CN(c1cc(C)cc(C)c1)S(C)(=O)=O. The van der Waals surface area contributed by atoms with Gasteiger partial charge in [-0.2, -0.15) is 0 Å². The molecule has 0 heterocycles. The predicted octanol–water partition coefficient (Wildman–Crippen LogP) is 4.05. The second-order valence-corrected chi connectivity index (χ2v) is 11.2. The molecule has 2 aromatic carbocycles. The third kappa shape index (κ3) is 7.74. The lowest BCUT2D eigenvalue weighted by Crippen LogP contribution is -2.53. The van der Waals surface area contributed by atoms with E-state index in [9.17, 15) is 18.0 Å². The molecule has 9 heteroatoms. The van der Waals surface area contributed by atoms with E-state index in [4.69, 9.17) is 11.6 Å². The van der Waals surface area contributed by atoms with Gasteiger partial charge in [0.2, 0.25) is 21.8 Å². The molecule has 0 radical (unpaired) electrons. The van der Waals surface area contributed by atoms with Crippen molar-refractivity contribution >= 4 is 39.1 Å². The number of sulfonamides is 1. The highest BCUT2D eigenvalue weighted by molar-refractivity contribution is 7.92. The van der Waals surface area contributed by atoms with Crippen molar-refractivity contribution in [2.45, 2.75) is 59.7 Å². The fraction of sp³-hybridized carbons (Fsp3) is 0.440. The highest BCUT2D eigenvalue weighted by Gasteiger charge is 2.32. The summed E-state index contributed by atoms with van der Waals surface area (Å²) in [5, 5.41) is 3.43. The molecule has 0 bridgehead atoms. The number of rotatable bonds is 10. The number of hydrogen-bond donors (Lipinski definition) is 1. The molecule has 0 aliphatic carbocycles. The summed E-state index contributed by atoms with van der Waals surface area (Å²) in [5.41, 5.74) is 2.97. The molecular weight excluding hydrogens is 474 g/mol. The molecule has 0 saturated carbocycles. The molecule has 0 aromatic heterocycles. The number of nitrogens with one attached hydrogen (secondary N) is 1. The number of benzene rings is 2. The topological polar surface area (TPSA) is 86.8 Å². The summed E-state index contributed by atoms with van der Waals surface area (Å²) >= 11 is 6.00. The van der Waals surface area contributed by atoms with Gasteiger partial charge in [-0.05, 0) is 75.1 Å². The van der Waals surface area contributed by atoms with Crippen molar-refractivity contribution < 1.29 is 18.0 Å². The van der Waals surface area contributed by atoms with Gasteiger partial charge in [0.1, 0.15) is 12.6 Å². The van der Waals surface area contributed by atoms with Crippen molar-refractivity contribution in [2.75, 3.05) is 17.1 Å². The molecule has 2 rings (SSSR count).